The third-order valence-electron chi connectivity index (χ3n) is 5.22. The summed E-state index contributed by atoms with van der Waals surface area (Å²) in [5, 5.41) is 7.07. The molecule has 6 nitrogen and oxygen atoms in total. The van der Waals surface area contributed by atoms with Gasteiger partial charge in [-0.25, -0.2) is 0 Å². The smallest absolute Gasteiger partial charge is 0.232 e. The minimum absolute atomic E-state index is 0.0810. The molecular formula is C19H30N2O4. The van der Waals surface area contributed by atoms with Gasteiger partial charge in [-0.1, -0.05) is 38.8 Å². The van der Waals surface area contributed by atoms with Gasteiger partial charge in [-0.2, -0.15) is 0 Å². The van der Waals surface area contributed by atoms with E-state index in [1.807, 2.05) is 26.8 Å². The number of hydrogen-bond acceptors (Lipinski definition) is 5. The Morgan fingerprint density at radius 2 is 2.08 bits per heavy atom. The van der Waals surface area contributed by atoms with E-state index >= 15 is 0 Å². The first-order valence-corrected chi connectivity index (χ1v) is 9.41. The molecule has 1 amide bonds. The van der Waals surface area contributed by atoms with Crippen molar-refractivity contribution in [3.8, 4) is 0 Å². The summed E-state index contributed by atoms with van der Waals surface area (Å²) in [7, 11) is 0. The first-order valence-electron chi connectivity index (χ1n) is 9.41. The Morgan fingerprint density at radius 3 is 2.72 bits per heavy atom. The van der Waals surface area contributed by atoms with Crippen LogP contribution in [0.2, 0.25) is 0 Å². The Labute approximate surface area is 149 Å². The Morgan fingerprint density at radius 1 is 1.32 bits per heavy atom. The van der Waals surface area contributed by atoms with Crippen molar-refractivity contribution >= 4 is 11.8 Å². The molecule has 1 atom stereocenters. The van der Waals surface area contributed by atoms with Gasteiger partial charge in [0.1, 0.15) is 0 Å². The molecule has 1 aromatic heterocycles. The lowest BCUT2D eigenvalue weighted by Crippen LogP contribution is -2.33. The average molecular weight is 350 g/mol. The van der Waals surface area contributed by atoms with Crippen molar-refractivity contribution < 1.29 is 18.8 Å². The minimum Gasteiger partial charge on any atom is -0.353 e. The van der Waals surface area contributed by atoms with Crippen LogP contribution in [0.15, 0.2) is 10.6 Å². The lowest BCUT2D eigenvalue weighted by Gasteiger charge is -2.30. The van der Waals surface area contributed by atoms with E-state index in [2.05, 4.69) is 10.5 Å². The molecule has 0 radical (unpaired) electrons. The highest BCUT2D eigenvalue weighted by atomic mass is 16.7. The summed E-state index contributed by atoms with van der Waals surface area (Å²) < 4.78 is 17.2. The van der Waals surface area contributed by atoms with E-state index in [1.165, 1.54) is 0 Å². The van der Waals surface area contributed by atoms with E-state index in [-0.39, 0.29) is 17.6 Å². The number of hydrogen-bond donors (Lipinski definition) is 1. The number of ether oxygens (including phenoxy) is 2. The zero-order valence-electron chi connectivity index (χ0n) is 15.6. The summed E-state index contributed by atoms with van der Waals surface area (Å²) in [6, 6.07) is 1.86. The van der Waals surface area contributed by atoms with Crippen LogP contribution < -0.4 is 5.32 Å². The summed E-state index contributed by atoms with van der Waals surface area (Å²) in [6.45, 7) is 6.99. The van der Waals surface area contributed by atoms with Crippen LogP contribution in [-0.2, 0) is 19.7 Å². The fraction of sp³-hybridized carbons (Fsp3) is 0.789. The number of rotatable bonds is 5. The number of anilines is 1. The molecule has 1 aromatic rings. The Hall–Kier alpha value is -1.40. The molecule has 1 saturated heterocycles. The molecule has 25 heavy (non-hydrogen) atoms. The SMILES string of the molecule is CC(C)(C)C(=O)Nc1cc(C2(COC3CCCCO3)CCCC2)no1. The molecule has 0 aromatic carbocycles. The van der Waals surface area contributed by atoms with Crippen LogP contribution >= 0.6 is 0 Å². The van der Waals surface area contributed by atoms with Crippen LogP contribution in [0.1, 0.15) is 71.4 Å². The van der Waals surface area contributed by atoms with Crippen LogP contribution in [0.25, 0.3) is 0 Å². The first kappa shape index (κ1) is 18.4. The number of nitrogens with one attached hydrogen (secondary N) is 1. The van der Waals surface area contributed by atoms with E-state index in [9.17, 15) is 4.79 Å². The largest absolute Gasteiger partial charge is 0.353 e. The number of nitrogens with zero attached hydrogens (tertiary/aromatic N) is 1. The van der Waals surface area contributed by atoms with Crippen molar-refractivity contribution in [2.24, 2.45) is 5.41 Å². The van der Waals surface area contributed by atoms with Crippen LogP contribution in [0.4, 0.5) is 5.88 Å². The van der Waals surface area contributed by atoms with Gasteiger partial charge in [0.05, 0.1) is 12.3 Å². The van der Waals surface area contributed by atoms with Gasteiger partial charge >= 0.3 is 0 Å². The maximum absolute atomic E-state index is 12.1. The predicted octanol–water partition coefficient (Wildman–Crippen LogP) is 4.01. The van der Waals surface area contributed by atoms with Crippen molar-refractivity contribution in [3.05, 3.63) is 11.8 Å². The summed E-state index contributed by atoms with van der Waals surface area (Å²) in [5.41, 5.74) is 0.277. The van der Waals surface area contributed by atoms with Gasteiger partial charge in [0.15, 0.2) is 6.29 Å². The molecule has 3 rings (SSSR count). The minimum atomic E-state index is -0.473. The van der Waals surface area contributed by atoms with E-state index < -0.39 is 5.41 Å². The normalized spacial score (nSPS) is 23.6. The zero-order chi connectivity index (χ0) is 17.9. The molecule has 2 heterocycles. The standard InChI is InChI=1S/C19H30N2O4/c1-18(2,3)17(22)20-15-12-14(21-25-15)19(9-5-6-10-19)13-24-16-8-4-7-11-23-16/h12,16H,4-11,13H2,1-3H3,(H,20,22). The van der Waals surface area contributed by atoms with E-state index in [1.54, 1.807) is 0 Å². The van der Waals surface area contributed by atoms with Gasteiger partial charge in [0.25, 0.3) is 0 Å². The second-order valence-electron chi connectivity index (χ2n) is 8.38. The monoisotopic (exact) mass is 350 g/mol. The highest BCUT2D eigenvalue weighted by Gasteiger charge is 2.40. The van der Waals surface area contributed by atoms with E-state index in [0.29, 0.717) is 12.5 Å². The second-order valence-corrected chi connectivity index (χ2v) is 8.38. The number of amides is 1. The number of carbonyl (C=O) groups excluding carboxylic acids is 1. The van der Waals surface area contributed by atoms with Crippen LogP contribution in [-0.4, -0.2) is 30.6 Å². The second kappa shape index (κ2) is 7.46. The van der Waals surface area contributed by atoms with Crippen molar-refractivity contribution in [1.82, 2.24) is 5.16 Å². The molecule has 1 N–H and O–H groups in total. The lowest BCUT2D eigenvalue weighted by atomic mass is 9.83. The van der Waals surface area contributed by atoms with Crippen molar-refractivity contribution in [1.29, 1.82) is 0 Å². The summed E-state index contributed by atoms with van der Waals surface area (Å²) >= 11 is 0. The van der Waals surface area contributed by atoms with Gasteiger partial charge in [0, 0.05) is 23.5 Å². The van der Waals surface area contributed by atoms with E-state index in [4.69, 9.17) is 14.0 Å². The predicted molar refractivity (Wildman–Crippen MR) is 94.3 cm³/mol. The van der Waals surface area contributed by atoms with Crippen LogP contribution in [0, 0.1) is 5.41 Å². The molecule has 1 unspecified atom stereocenters. The topological polar surface area (TPSA) is 73.6 Å². The van der Waals surface area contributed by atoms with Crippen molar-refractivity contribution in [2.45, 2.75) is 77.4 Å². The molecule has 0 bridgehead atoms. The van der Waals surface area contributed by atoms with Crippen LogP contribution in [0.5, 0.6) is 0 Å². The molecule has 1 aliphatic carbocycles. The molecule has 140 valence electrons. The molecule has 6 heteroatoms. The quantitative estimate of drug-likeness (QED) is 0.868. The number of aromatic nitrogens is 1. The number of carbonyl (C=O) groups is 1. The first-order chi connectivity index (χ1) is 11.9. The third-order valence-corrected chi connectivity index (χ3v) is 5.22. The highest BCUT2D eigenvalue weighted by molar-refractivity contribution is 5.93. The summed E-state index contributed by atoms with van der Waals surface area (Å²) in [6.07, 6.45) is 7.50. The van der Waals surface area contributed by atoms with Gasteiger partial charge in [0.2, 0.25) is 11.8 Å². The zero-order valence-corrected chi connectivity index (χ0v) is 15.6. The fourth-order valence-electron chi connectivity index (χ4n) is 3.50. The lowest BCUT2D eigenvalue weighted by molar-refractivity contribution is -0.172. The fourth-order valence-corrected chi connectivity index (χ4v) is 3.50. The molecular weight excluding hydrogens is 320 g/mol. The van der Waals surface area contributed by atoms with Crippen molar-refractivity contribution in [2.75, 3.05) is 18.5 Å². The maximum Gasteiger partial charge on any atom is 0.232 e. The Kier molecular flexibility index (Phi) is 5.49. The van der Waals surface area contributed by atoms with Crippen LogP contribution in [0.3, 0.4) is 0 Å². The Balaban J connectivity index is 1.67. The Bertz CT molecular complexity index is 578. The van der Waals surface area contributed by atoms with Gasteiger partial charge in [-0.15, -0.1) is 0 Å². The summed E-state index contributed by atoms with van der Waals surface area (Å²) in [5.74, 6) is 0.331. The molecule has 0 spiro atoms. The third kappa shape index (κ3) is 4.42. The highest BCUT2D eigenvalue weighted by Crippen LogP contribution is 2.42. The molecule has 1 saturated carbocycles. The van der Waals surface area contributed by atoms with E-state index in [0.717, 1.165) is 57.2 Å². The molecule has 2 aliphatic rings. The van der Waals surface area contributed by atoms with Gasteiger partial charge in [-0.05, 0) is 32.1 Å². The van der Waals surface area contributed by atoms with Gasteiger partial charge in [-0.3, -0.25) is 10.1 Å². The van der Waals surface area contributed by atoms with Crippen molar-refractivity contribution in [3.63, 3.8) is 0 Å². The average Bonchev–Trinajstić information content (AvgIpc) is 3.23. The molecule has 1 aliphatic heterocycles. The maximum atomic E-state index is 12.1. The molecule has 2 fully saturated rings. The summed E-state index contributed by atoms with van der Waals surface area (Å²) in [4.78, 5) is 12.1. The van der Waals surface area contributed by atoms with Gasteiger partial charge < -0.3 is 14.0 Å².